The second-order valence-corrected chi connectivity index (χ2v) is 4.00. The van der Waals surface area contributed by atoms with Gasteiger partial charge in [-0.3, -0.25) is 4.79 Å². The number of nitrogens with two attached hydrogens (primary N) is 1. The SMILES string of the molecule is C[C@H](CN)NC(=O)c1cc(C2CC2)on1.Cl. The third kappa shape index (κ3) is 2.96. The molecule has 90 valence electrons. The molecule has 1 amide bonds. The van der Waals surface area contributed by atoms with Crippen LogP contribution in [-0.4, -0.2) is 23.7 Å². The first-order valence-corrected chi connectivity index (χ1v) is 5.18. The van der Waals surface area contributed by atoms with E-state index in [1.807, 2.05) is 6.92 Å². The number of aromatic nitrogens is 1. The molecule has 0 bridgehead atoms. The van der Waals surface area contributed by atoms with Crippen LogP contribution < -0.4 is 11.1 Å². The van der Waals surface area contributed by atoms with Gasteiger partial charge in [-0.2, -0.15) is 0 Å². The summed E-state index contributed by atoms with van der Waals surface area (Å²) < 4.78 is 5.08. The molecule has 0 spiro atoms. The largest absolute Gasteiger partial charge is 0.360 e. The molecule has 6 heteroatoms. The Morgan fingerprint density at radius 1 is 1.75 bits per heavy atom. The first-order chi connectivity index (χ1) is 7.20. The second kappa shape index (κ2) is 5.32. The lowest BCUT2D eigenvalue weighted by atomic mass is 10.2. The van der Waals surface area contributed by atoms with E-state index >= 15 is 0 Å². The van der Waals surface area contributed by atoms with Gasteiger partial charge in [0.1, 0.15) is 5.76 Å². The van der Waals surface area contributed by atoms with Gasteiger partial charge in [0, 0.05) is 24.6 Å². The fourth-order valence-corrected chi connectivity index (χ4v) is 1.31. The molecule has 5 nitrogen and oxygen atoms in total. The van der Waals surface area contributed by atoms with E-state index in [0.717, 1.165) is 18.6 Å². The van der Waals surface area contributed by atoms with E-state index in [1.165, 1.54) is 0 Å². The minimum absolute atomic E-state index is 0. The highest BCUT2D eigenvalue weighted by molar-refractivity contribution is 5.92. The van der Waals surface area contributed by atoms with Gasteiger partial charge in [-0.25, -0.2) is 0 Å². The van der Waals surface area contributed by atoms with Crippen molar-refractivity contribution in [2.45, 2.75) is 31.7 Å². The molecule has 0 unspecified atom stereocenters. The predicted molar refractivity (Wildman–Crippen MR) is 61.7 cm³/mol. The van der Waals surface area contributed by atoms with E-state index in [-0.39, 0.29) is 24.4 Å². The quantitative estimate of drug-likeness (QED) is 0.831. The summed E-state index contributed by atoms with van der Waals surface area (Å²) in [4.78, 5) is 11.6. The minimum Gasteiger partial charge on any atom is -0.360 e. The van der Waals surface area contributed by atoms with Crippen LogP contribution in [0.3, 0.4) is 0 Å². The van der Waals surface area contributed by atoms with Crippen molar-refractivity contribution in [1.29, 1.82) is 0 Å². The van der Waals surface area contributed by atoms with Gasteiger partial charge in [-0.15, -0.1) is 12.4 Å². The van der Waals surface area contributed by atoms with E-state index in [9.17, 15) is 4.79 Å². The lowest BCUT2D eigenvalue weighted by molar-refractivity contribution is 0.0932. The topological polar surface area (TPSA) is 81.1 Å². The van der Waals surface area contributed by atoms with Gasteiger partial charge >= 0.3 is 0 Å². The number of carbonyl (C=O) groups is 1. The normalized spacial score (nSPS) is 16.4. The van der Waals surface area contributed by atoms with E-state index in [1.54, 1.807) is 6.07 Å². The van der Waals surface area contributed by atoms with Crippen LogP contribution in [0.1, 0.15) is 41.9 Å². The molecule has 0 saturated heterocycles. The molecule has 1 aromatic rings. The zero-order valence-corrected chi connectivity index (χ0v) is 9.92. The molecular weight excluding hydrogens is 230 g/mol. The average molecular weight is 246 g/mol. The van der Waals surface area contributed by atoms with Crippen LogP contribution in [-0.2, 0) is 0 Å². The Labute approximate surface area is 100 Å². The van der Waals surface area contributed by atoms with Crippen molar-refractivity contribution in [3.63, 3.8) is 0 Å². The molecule has 1 saturated carbocycles. The first kappa shape index (κ1) is 13.0. The molecule has 1 aliphatic rings. The van der Waals surface area contributed by atoms with Crippen LogP contribution >= 0.6 is 12.4 Å². The third-order valence-corrected chi connectivity index (χ3v) is 2.47. The minimum atomic E-state index is -0.219. The summed E-state index contributed by atoms with van der Waals surface area (Å²) in [6.45, 7) is 2.26. The number of hydrogen-bond donors (Lipinski definition) is 2. The zero-order chi connectivity index (χ0) is 10.8. The van der Waals surface area contributed by atoms with Crippen LogP contribution in [0.25, 0.3) is 0 Å². The highest BCUT2D eigenvalue weighted by Crippen LogP contribution is 2.40. The molecular formula is C10H16ClN3O2. The molecule has 1 heterocycles. The van der Waals surface area contributed by atoms with Crippen molar-refractivity contribution < 1.29 is 9.32 Å². The third-order valence-electron chi connectivity index (χ3n) is 2.47. The van der Waals surface area contributed by atoms with Crippen LogP contribution in [0, 0.1) is 0 Å². The highest BCUT2D eigenvalue weighted by atomic mass is 35.5. The Morgan fingerprint density at radius 2 is 2.44 bits per heavy atom. The lowest BCUT2D eigenvalue weighted by Crippen LogP contribution is -2.37. The molecule has 1 aliphatic carbocycles. The Kier molecular flexibility index (Phi) is 4.32. The number of halogens is 1. The van der Waals surface area contributed by atoms with E-state index < -0.39 is 0 Å². The average Bonchev–Trinajstić information content (AvgIpc) is 2.96. The summed E-state index contributed by atoms with van der Waals surface area (Å²) in [7, 11) is 0. The molecule has 1 fully saturated rings. The van der Waals surface area contributed by atoms with E-state index in [0.29, 0.717) is 18.2 Å². The van der Waals surface area contributed by atoms with Gasteiger partial charge in [0.25, 0.3) is 5.91 Å². The molecule has 1 aromatic heterocycles. The maximum absolute atomic E-state index is 11.6. The summed E-state index contributed by atoms with van der Waals surface area (Å²) in [5.41, 5.74) is 5.75. The number of rotatable bonds is 4. The summed E-state index contributed by atoms with van der Waals surface area (Å²) in [5, 5.41) is 6.47. The van der Waals surface area contributed by atoms with Gasteiger partial charge < -0.3 is 15.6 Å². The first-order valence-electron chi connectivity index (χ1n) is 5.18. The van der Waals surface area contributed by atoms with Crippen molar-refractivity contribution in [2.24, 2.45) is 5.73 Å². The Balaban J connectivity index is 0.00000128. The van der Waals surface area contributed by atoms with Gasteiger partial charge in [0.2, 0.25) is 0 Å². The monoisotopic (exact) mass is 245 g/mol. The number of carbonyl (C=O) groups excluding carboxylic acids is 1. The van der Waals surface area contributed by atoms with Crippen LogP contribution in [0.2, 0.25) is 0 Å². The Morgan fingerprint density at radius 3 is 3.00 bits per heavy atom. The Hall–Kier alpha value is -1.07. The van der Waals surface area contributed by atoms with E-state index in [2.05, 4.69) is 10.5 Å². The zero-order valence-electron chi connectivity index (χ0n) is 9.10. The van der Waals surface area contributed by atoms with Gasteiger partial charge in [-0.1, -0.05) is 5.16 Å². The molecule has 1 atom stereocenters. The number of hydrogen-bond acceptors (Lipinski definition) is 4. The van der Waals surface area contributed by atoms with Crippen LogP contribution in [0.15, 0.2) is 10.6 Å². The maximum Gasteiger partial charge on any atom is 0.273 e. The standard InChI is InChI=1S/C10H15N3O2.ClH/c1-6(5-11)12-10(14)8-4-9(15-13-8)7-2-3-7;/h4,6-7H,2-3,5,11H2,1H3,(H,12,14);1H/t6-;/m1./s1. The van der Waals surface area contributed by atoms with Crippen molar-refractivity contribution >= 4 is 18.3 Å². The van der Waals surface area contributed by atoms with Crippen LogP contribution in [0.4, 0.5) is 0 Å². The molecule has 0 aliphatic heterocycles. The smallest absolute Gasteiger partial charge is 0.273 e. The Bertz CT molecular complexity index is 363. The van der Waals surface area contributed by atoms with Gasteiger partial charge in [-0.05, 0) is 19.8 Å². The number of nitrogens with zero attached hydrogens (tertiary/aromatic N) is 1. The highest BCUT2D eigenvalue weighted by Gasteiger charge is 2.28. The van der Waals surface area contributed by atoms with Crippen molar-refractivity contribution in [3.8, 4) is 0 Å². The molecule has 3 N–H and O–H groups in total. The summed E-state index contributed by atoms with van der Waals surface area (Å²) in [5.74, 6) is 1.08. The molecule has 2 rings (SSSR count). The fourth-order valence-electron chi connectivity index (χ4n) is 1.31. The summed E-state index contributed by atoms with van der Waals surface area (Å²) in [6, 6.07) is 1.68. The molecule has 16 heavy (non-hydrogen) atoms. The van der Waals surface area contributed by atoms with Gasteiger partial charge in [0.05, 0.1) is 0 Å². The van der Waals surface area contributed by atoms with Crippen LogP contribution in [0.5, 0.6) is 0 Å². The van der Waals surface area contributed by atoms with E-state index in [4.69, 9.17) is 10.3 Å². The second-order valence-electron chi connectivity index (χ2n) is 4.00. The van der Waals surface area contributed by atoms with Crippen molar-refractivity contribution in [2.75, 3.05) is 6.54 Å². The fraction of sp³-hybridized carbons (Fsp3) is 0.600. The predicted octanol–water partition coefficient (Wildman–Crippen LogP) is 1.05. The summed E-state index contributed by atoms with van der Waals surface area (Å²) >= 11 is 0. The molecule has 0 aromatic carbocycles. The number of amides is 1. The maximum atomic E-state index is 11.6. The summed E-state index contributed by atoms with van der Waals surface area (Å²) in [6.07, 6.45) is 2.27. The lowest BCUT2D eigenvalue weighted by Gasteiger charge is -2.08. The van der Waals surface area contributed by atoms with Crippen molar-refractivity contribution in [1.82, 2.24) is 10.5 Å². The van der Waals surface area contributed by atoms with Crippen molar-refractivity contribution in [3.05, 3.63) is 17.5 Å². The van der Waals surface area contributed by atoms with Gasteiger partial charge in [0.15, 0.2) is 5.69 Å². The number of nitrogens with one attached hydrogen (secondary N) is 1. The molecule has 0 radical (unpaired) electrons.